The molecule has 0 heterocycles. The monoisotopic (exact) mass is 236 g/mol. The van der Waals surface area contributed by atoms with E-state index in [0.29, 0.717) is 11.7 Å². The van der Waals surface area contributed by atoms with E-state index >= 15 is 0 Å². The number of nitrogens with zero attached hydrogens (tertiary/aromatic N) is 1. The van der Waals surface area contributed by atoms with Crippen LogP contribution in [-0.2, 0) is 6.54 Å². The van der Waals surface area contributed by atoms with Gasteiger partial charge in [-0.2, -0.15) is 0 Å². The Bertz CT molecular complexity index is 326. The Labute approximate surface area is 104 Å². The SMILES string of the molecule is CC(C)CNCCN(C)Cc1cccc(O)c1. The van der Waals surface area contributed by atoms with E-state index in [-0.39, 0.29) is 0 Å². The van der Waals surface area contributed by atoms with E-state index < -0.39 is 0 Å². The molecule has 0 spiro atoms. The van der Waals surface area contributed by atoms with Gasteiger partial charge in [0.25, 0.3) is 0 Å². The van der Waals surface area contributed by atoms with Gasteiger partial charge in [0.1, 0.15) is 5.75 Å². The Morgan fingerprint density at radius 1 is 1.35 bits per heavy atom. The van der Waals surface area contributed by atoms with Crippen molar-refractivity contribution in [2.45, 2.75) is 20.4 Å². The van der Waals surface area contributed by atoms with Crippen molar-refractivity contribution in [1.29, 1.82) is 0 Å². The number of rotatable bonds is 7. The van der Waals surface area contributed by atoms with Crippen LogP contribution < -0.4 is 5.32 Å². The lowest BCUT2D eigenvalue weighted by Gasteiger charge is -2.17. The molecule has 3 heteroatoms. The van der Waals surface area contributed by atoms with Crippen LogP contribution in [0.4, 0.5) is 0 Å². The second-order valence-electron chi connectivity index (χ2n) is 5.01. The molecule has 0 aromatic heterocycles. The van der Waals surface area contributed by atoms with E-state index in [1.165, 1.54) is 0 Å². The van der Waals surface area contributed by atoms with Crippen molar-refractivity contribution in [1.82, 2.24) is 10.2 Å². The summed E-state index contributed by atoms with van der Waals surface area (Å²) in [5.41, 5.74) is 1.15. The summed E-state index contributed by atoms with van der Waals surface area (Å²) in [5, 5.41) is 12.8. The van der Waals surface area contributed by atoms with E-state index in [4.69, 9.17) is 0 Å². The molecule has 17 heavy (non-hydrogen) atoms. The van der Waals surface area contributed by atoms with Crippen LogP contribution in [-0.4, -0.2) is 36.7 Å². The van der Waals surface area contributed by atoms with E-state index in [0.717, 1.165) is 31.7 Å². The minimum atomic E-state index is 0.342. The molecule has 0 aliphatic heterocycles. The van der Waals surface area contributed by atoms with Gasteiger partial charge in [-0.15, -0.1) is 0 Å². The summed E-state index contributed by atoms with van der Waals surface area (Å²) in [6.07, 6.45) is 0. The summed E-state index contributed by atoms with van der Waals surface area (Å²) in [5.74, 6) is 1.04. The smallest absolute Gasteiger partial charge is 0.115 e. The molecule has 0 aliphatic carbocycles. The number of likely N-dealkylation sites (N-methyl/N-ethyl adjacent to an activating group) is 1. The first-order chi connectivity index (χ1) is 8.08. The lowest BCUT2D eigenvalue weighted by atomic mass is 10.2. The average molecular weight is 236 g/mol. The third-order valence-electron chi connectivity index (χ3n) is 2.59. The van der Waals surface area contributed by atoms with E-state index in [1.54, 1.807) is 6.07 Å². The fraction of sp³-hybridized carbons (Fsp3) is 0.571. The molecule has 1 rings (SSSR count). The molecule has 0 aliphatic rings. The van der Waals surface area contributed by atoms with Crippen molar-refractivity contribution >= 4 is 0 Å². The lowest BCUT2D eigenvalue weighted by Crippen LogP contribution is -2.30. The first kappa shape index (κ1) is 14.0. The van der Waals surface area contributed by atoms with Crippen LogP contribution in [0.15, 0.2) is 24.3 Å². The van der Waals surface area contributed by atoms with Gasteiger partial charge in [0.15, 0.2) is 0 Å². The second kappa shape index (κ2) is 7.30. The minimum Gasteiger partial charge on any atom is -0.508 e. The first-order valence-corrected chi connectivity index (χ1v) is 6.25. The summed E-state index contributed by atoms with van der Waals surface area (Å²) in [6, 6.07) is 7.44. The molecular weight excluding hydrogens is 212 g/mol. The predicted octanol–water partition coefficient (Wildman–Crippen LogP) is 2.07. The maximum atomic E-state index is 9.37. The van der Waals surface area contributed by atoms with Crippen LogP contribution in [0, 0.1) is 5.92 Å². The number of benzene rings is 1. The molecule has 0 bridgehead atoms. The topological polar surface area (TPSA) is 35.5 Å². The third kappa shape index (κ3) is 6.29. The predicted molar refractivity (Wildman–Crippen MR) is 72.1 cm³/mol. The van der Waals surface area contributed by atoms with Crippen LogP contribution in [0.5, 0.6) is 5.75 Å². The largest absolute Gasteiger partial charge is 0.508 e. The normalized spacial score (nSPS) is 11.4. The molecule has 0 radical (unpaired) electrons. The number of phenols is 1. The minimum absolute atomic E-state index is 0.342. The van der Waals surface area contributed by atoms with E-state index in [9.17, 15) is 5.11 Å². The van der Waals surface area contributed by atoms with Crippen LogP contribution >= 0.6 is 0 Å². The van der Waals surface area contributed by atoms with Crippen LogP contribution in [0.1, 0.15) is 19.4 Å². The highest BCUT2D eigenvalue weighted by atomic mass is 16.3. The summed E-state index contributed by atoms with van der Waals surface area (Å²) in [4.78, 5) is 2.25. The van der Waals surface area contributed by atoms with Crippen LogP contribution in [0.2, 0.25) is 0 Å². The number of aromatic hydroxyl groups is 1. The molecule has 1 aromatic carbocycles. The fourth-order valence-corrected chi connectivity index (χ4v) is 1.71. The van der Waals surface area contributed by atoms with Crippen molar-refractivity contribution in [3.8, 4) is 5.75 Å². The van der Waals surface area contributed by atoms with Gasteiger partial charge in [0, 0.05) is 19.6 Å². The Morgan fingerprint density at radius 3 is 2.76 bits per heavy atom. The molecule has 0 amide bonds. The van der Waals surface area contributed by atoms with Gasteiger partial charge in [-0.3, -0.25) is 0 Å². The summed E-state index contributed by atoms with van der Waals surface area (Å²) < 4.78 is 0. The van der Waals surface area contributed by atoms with Gasteiger partial charge in [0.2, 0.25) is 0 Å². The highest BCUT2D eigenvalue weighted by Crippen LogP contribution is 2.11. The van der Waals surface area contributed by atoms with E-state index in [2.05, 4.69) is 31.1 Å². The summed E-state index contributed by atoms with van der Waals surface area (Å²) >= 11 is 0. The highest BCUT2D eigenvalue weighted by molar-refractivity contribution is 5.26. The summed E-state index contributed by atoms with van der Waals surface area (Å²) in [7, 11) is 2.10. The Morgan fingerprint density at radius 2 is 2.12 bits per heavy atom. The number of hydrogen-bond acceptors (Lipinski definition) is 3. The standard InChI is InChI=1S/C14H24N2O/c1-12(2)10-15-7-8-16(3)11-13-5-4-6-14(17)9-13/h4-6,9,12,15,17H,7-8,10-11H2,1-3H3. The van der Waals surface area contributed by atoms with Gasteiger partial charge in [-0.1, -0.05) is 26.0 Å². The molecule has 0 saturated heterocycles. The molecule has 0 fully saturated rings. The third-order valence-corrected chi connectivity index (χ3v) is 2.59. The maximum Gasteiger partial charge on any atom is 0.115 e. The molecular formula is C14H24N2O. The Kier molecular flexibility index (Phi) is 6.01. The molecule has 0 saturated carbocycles. The fourth-order valence-electron chi connectivity index (χ4n) is 1.71. The van der Waals surface area contributed by atoms with Crippen molar-refractivity contribution in [2.24, 2.45) is 5.92 Å². The zero-order chi connectivity index (χ0) is 12.7. The number of phenolic OH excluding ortho intramolecular Hbond substituents is 1. The van der Waals surface area contributed by atoms with Crippen molar-refractivity contribution < 1.29 is 5.11 Å². The molecule has 3 nitrogen and oxygen atoms in total. The lowest BCUT2D eigenvalue weighted by molar-refractivity contribution is 0.321. The zero-order valence-corrected chi connectivity index (χ0v) is 11.1. The van der Waals surface area contributed by atoms with Gasteiger partial charge in [-0.25, -0.2) is 0 Å². The van der Waals surface area contributed by atoms with Crippen molar-refractivity contribution in [3.63, 3.8) is 0 Å². The molecule has 0 atom stereocenters. The van der Waals surface area contributed by atoms with Gasteiger partial charge < -0.3 is 15.3 Å². The number of hydrogen-bond donors (Lipinski definition) is 2. The van der Waals surface area contributed by atoms with Gasteiger partial charge >= 0.3 is 0 Å². The van der Waals surface area contributed by atoms with Gasteiger partial charge in [0.05, 0.1) is 0 Å². The molecule has 2 N–H and O–H groups in total. The molecule has 96 valence electrons. The van der Waals surface area contributed by atoms with Crippen molar-refractivity contribution in [3.05, 3.63) is 29.8 Å². The Balaban J connectivity index is 2.23. The second-order valence-corrected chi connectivity index (χ2v) is 5.01. The molecule has 1 aromatic rings. The zero-order valence-electron chi connectivity index (χ0n) is 11.1. The number of nitrogens with one attached hydrogen (secondary N) is 1. The summed E-state index contributed by atoms with van der Waals surface area (Å²) in [6.45, 7) is 8.39. The van der Waals surface area contributed by atoms with Crippen LogP contribution in [0.25, 0.3) is 0 Å². The Hall–Kier alpha value is -1.06. The van der Waals surface area contributed by atoms with Crippen LogP contribution in [0.3, 0.4) is 0 Å². The molecule has 0 unspecified atom stereocenters. The maximum absolute atomic E-state index is 9.37. The quantitative estimate of drug-likeness (QED) is 0.711. The van der Waals surface area contributed by atoms with E-state index in [1.807, 2.05) is 18.2 Å². The first-order valence-electron chi connectivity index (χ1n) is 6.25. The van der Waals surface area contributed by atoms with Gasteiger partial charge in [-0.05, 0) is 37.2 Å². The highest BCUT2D eigenvalue weighted by Gasteiger charge is 2.01. The average Bonchev–Trinajstić information content (AvgIpc) is 2.24. The van der Waals surface area contributed by atoms with Crippen molar-refractivity contribution in [2.75, 3.05) is 26.7 Å².